The van der Waals surface area contributed by atoms with E-state index in [0.29, 0.717) is 16.8 Å². The zero-order valence-electron chi connectivity index (χ0n) is 18.4. The Hall–Kier alpha value is -3.77. The van der Waals surface area contributed by atoms with Crippen LogP contribution < -0.4 is 5.32 Å². The van der Waals surface area contributed by atoms with Crippen LogP contribution in [0, 0.1) is 0 Å². The molecule has 0 saturated carbocycles. The maximum atomic E-state index is 13.3. The Morgan fingerprint density at radius 1 is 0.879 bits per heavy atom. The number of pyridine rings is 1. The minimum absolute atomic E-state index is 0.174. The van der Waals surface area contributed by atoms with Gasteiger partial charge in [0.15, 0.2) is 9.84 Å². The van der Waals surface area contributed by atoms with E-state index in [1.165, 1.54) is 6.07 Å². The highest BCUT2D eigenvalue weighted by atomic mass is 32.2. The Bertz CT molecular complexity index is 1410. The normalized spacial score (nSPS) is 11.2. The molecule has 0 atom stereocenters. The van der Waals surface area contributed by atoms with E-state index in [1.54, 1.807) is 18.3 Å². The molecule has 0 saturated heterocycles. The lowest BCUT2D eigenvalue weighted by Gasteiger charge is -2.14. The number of carbonyl (C=O) groups is 1. The van der Waals surface area contributed by atoms with Crippen LogP contribution in [-0.2, 0) is 16.3 Å². The maximum Gasteiger partial charge on any atom is 0.256 e. The van der Waals surface area contributed by atoms with E-state index in [1.807, 2.05) is 73.7 Å². The SMILES string of the molecule is CCc1cccc(-c2cc(S(C)(=O)=O)ccc2C(=O)Nc2cccc(-c3ccccn3)c2)c1. The van der Waals surface area contributed by atoms with Crippen LogP contribution in [-0.4, -0.2) is 25.6 Å². The number of benzene rings is 3. The predicted octanol–water partition coefficient (Wildman–Crippen LogP) is 5.63. The lowest BCUT2D eigenvalue weighted by molar-refractivity contribution is 0.102. The third-order valence-electron chi connectivity index (χ3n) is 5.39. The van der Waals surface area contributed by atoms with Gasteiger partial charge in [0.25, 0.3) is 5.91 Å². The first-order valence-electron chi connectivity index (χ1n) is 10.6. The summed E-state index contributed by atoms with van der Waals surface area (Å²) in [7, 11) is -3.43. The molecule has 3 aromatic carbocycles. The van der Waals surface area contributed by atoms with Crippen molar-refractivity contribution >= 4 is 21.4 Å². The Labute approximate surface area is 194 Å². The fourth-order valence-corrected chi connectivity index (χ4v) is 4.29. The van der Waals surface area contributed by atoms with E-state index < -0.39 is 9.84 Å². The number of sulfone groups is 1. The van der Waals surface area contributed by atoms with E-state index >= 15 is 0 Å². The number of aromatic nitrogens is 1. The average Bonchev–Trinajstić information content (AvgIpc) is 2.84. The van der Waals surface area contributed by atoms with Gasteiger partial charge in [0.1, 0.15) is 0 Å². The van der Waals surface area contributed by atoms with Crippen LogP contribution in [0.25, 0.3) is 22.4 Å². The number of hydrogen-bond acceptors (Lipinski definition) is 4. The molecule has 0 aliphatic carbocycles. The van der Waals surface area contributed by atoms with Gasteiger partial charge in [0, 0.05) is 29.3 Å². The molecule has 1 aromatic heterocycles. The van der Waals surface area contributed by atoms with Gasteiger partial charge in [-0.1, -0.05) is 49.4 Å². The fraction of sp³-hybridized carbons (Fsp3) is 0.111. The molecule has 1 heterocycles. The Morgan fingerprint density at radius 2 is 1.67 bits per heavy atom. The second-order valence-corrected chi connectivity index (χ2v) is 9.80. The van der Waals surface area contributed by atoms with Gasteiger partial charge in [-0.25, -0.2) is 8.42 Å². The van der Waals surface area contributed by atoms with Crippen LogP contribution >= 0.6 is 0 Å². The van der Waals surface area contributed by atoms with Gasteiger partial charge < -0.3 is 5.32 Å². The molecule has 1 N–H and O–H groups in total. The summed E-state index contributed by atoms with van der Waals surface area (Å²) in [6, 6.07) is 25.5. The van der Waals surface area contributed by atoms with Crippen molar-refractivity contribution in [2.75, 3.05) is 11.6 Å². The Balaban J connectivity index is 1.73. The molecule has 0 aliphatic heterocycles. The van der Waals surface area contributed by atoms with Crippen LogP contribution in [0.3, 0.4) is 0 Å². The largest absolute Gasteiger partial charge is 0.322 e. The van der Waals surface area contributed by atoms with Crippen molar-refractivity contribution in [1.82, 2.24) is 4.98 Å². The molecule has 0 fully saturated rings. The molecule has 1 amide bonds. The number of nitrogens with zero attached hydrogens (tertiary/aromatic N) is 1. The van der Waals surface area contributed by atoms with Crippen molar-refractivity contribution in [3.05, 3.63) is 102 Å². The first kappa shape index (κ1) is 22.4. The molecular weight excluding hydrogens is 432 g/mol. The zero-order chi connectivity index (χ0) is 23.4. The highest BCUT2D eigenvalue weighted by molar-refractivity contribution is 7.90. The lowest BCUT2D eigenvalue weighted by Crippen LogP contribution is -2.14. The molecule has 0 unspecified atom stereocenters. The third kappa shape index (κ3) is 5.18. The maximum absolute atomic E-state index is 13.3. The number of amides is 1. The first-order valence-corrected chi connectivity index (χ1v) is 12.5. The van der Waals surface area contributed by atoms with Gasteiger partial charge in [0.05, 0.1) is 10.6 Å². The van der Waals surface area contributed by atoms with Crippen molar-refractivity contribution in [3.8, 4) is 22.4 Å². The quantitative estimate of drug-likeness (QED) is 0.408. The van der Waals surface area contributed by atoms with Crippen LogP contribution in [0.4, 0.5) is 5.69 Å². The van der Waals surface area contributed by atoms with Crippen LogP contribution in [0.2, 0.25) is 0 Å². The van der Waals surface area contributed by atoms with Gasteiger partial charge in [-0.05, 0) is 65.6 Å². The van der Waals surface area contributed by atoms with E-state index in [9.17, 15) is 13.2 Å². The van der Waals surface area contributed by atoms with E-state index in [4.69, 9.17) is 0 Å². The highest BCUT2D eigenvalue weighted by Gasteiger charge is 2.18. The second kappa shape index (κ2) is 9.38. The average molecular weight is 457 g/mol. The van der Waals surface area contributed by atoms with Crippen molar-refractivity contribution in [2.24, 2.45) is 0 Å². The van der Waals surface area contributed by atoms with Crippen molar-refractivity contribution in [2.45, 2.75) is 18.2 Å². The molecule has 0 spiro atoms. The van der Waals surface area contributed by atoms with Gasteiger partial charge in [-0.3, -0.25) is 9.78 Å². The summed E-state index contributed by atoms with van der Waals surface area (Å²) in [4.78, 5) is 17.8. The van der Waals surface area contributed by atoms with Gasteiger partial charge in [-0.15, -0.1) is 0 Å². The van der Waals surface area contributed by atoms with E-state index in [0.717, 1.165) is 35.1 Å². The molecule has 0 radical (unpaired) electrons. The summed E-state index contributed by atoms with van der Waals surface area (Å²) in [5.74, 6) is -0.315. The van der Waals surface area contributed by atoms with Crippen molar-refractivity contribution in [1.29, 1.82) is 0 Å². The zero-order valence-corrected chi connectivity index (χ0v) is 19.3. The minimum Gasteiger partial charge on any atom is -0.322 e. The third-order valence-corrected chi connectivity index (χ3v) is 6.50. The number of carbonyl (C=O) groups excluding carboxylic acids is 1. The minimum atomic E-state index is -3.43. The monoisotopic (exact) mass is 456 g/mol. The number of nitrogens with one attached hydrogen (secondary N) is 1. The fourth-order valence-electron chi connectivity index (χ4n) is 3.64. The molecule has 0 aliphatic rings. The number of aryl methyl sites for hydroxylation is 1. The van der Waals surface area contributed by atoms with E-state index in [-0.39, 0.29) is 10.8 Å². The van der Waals surface area contributed by atoms with Crippen LogP contribution in [0.5, 0.6) is 0 Å². The standard InChI is InChI=1S/C27H24N2O3S/c1-3-19-8-6-9-20(16-19)25-18-23(33(2,31)32)13-14-24(25)27(30)29-22-11-7-10-21(17-22)26-12-4-5-15-28-26/h4-18H,3H2,1-2H3,(H,29,30). The van der Waals surface area contributed by atoms with Crippen molar-refractivity contribution in [3.63, 3.8) is 0 Å². The summed E-state index contributed by atoms with van der Waals surface area (Å²) >= 11 is 0. The smallest absolute Gasteiger partial charge is 0.256 e. The topological polar surface area (TPSA) is 76.1 Å². The summed E-state index contributed by atoms with van der Waals surface area (Å²) < 4.78 is 24.4. The number of hydrogen-bond donors (Lipinski definition) is 1. The Kier molecular flexibility index (Phi) is 6.38. The second-order valence-electron chi connectivity index (χ2n) is 7.78. The van der Waals surface area contributed by atoms with Gasteiger partial charge >= 0.3 is 0 Å². The van der Waals surface area contributed by atoms with Gasteiger partial charge in [0.2, 0.25) is 0 Å². The van der Waals surface area contributed by atoms with Gasteiger partial charge in [-0.2, -0.15) is 0 Å². The van der Waals surface area contributed by atoms with Crippen LogP contribution in [0.15, 0.2) is 96.0 Å². The van der Waals surface area contributed by atoms with Crippen LogP contribution in [0.1, 0.15) is 22.8 Å². The van der Waals surface area contributed by atoms with E-state index in [2.05, 4.69) is 10.3 Å². The molecule has 5 nitrogen and oxygen atoms in total. The highest BCUT2D eigenvalue weighted by Crippen LogP contribution is 2.29. The number of anilines is 1. The molecule has 4 rings (SSSR count). The van der Waals surface area contributed by atoms with Crippen molar-refractivity contribution < 1.29 is 13.2 Å². The molecule has 4 aromatic rings. The first-order chi connectivity index (χ1) is 15.8. The summed E-state index contributed by atoms with van der Waals surface area (Å²) in [6.45, 7) is 2.05. The lowest BCUT2D eigenvalue weighted by atomic mass is 9.97. The molecular formula is C27H24N2O3S. The molecule has 6 heteroatoms. The predicted molar refractivity (Wildman–Crippen MR) is 132 cm³/mol. The number of rotatable bonds is 6. The summed E-state index contributed by atoms with van der Waals surface area (Å²) in [5.41, 5.74) is 5.20. The molecule has 166 valence electrons. The Morgan fingerprint density at radius 3 is 2.39 bits per heavy atom. The summed E-state index contributed by atoms with van der Waals surface area (Å²) in [6.07, 6.45) is 3.72. The molecule has 33 heavy (non-hydrogen) atoms. The molecule has 0 bridgehead atoms. The summed E-state index contributed by atoms with van der Waals surface area (Å²) in [5, 5.41) is 2.95.